The predicted molar refractivity (Wildman–Crippen MR) is 464 cm³/mol. The van der Waals surface area contributed by atoms with Gasteiger partial charge >= 0.3 is 22.8 Å². The van der Waals surface area contributed by atoms with Crippen molar-refractivity contribution in [2.24, 2.45) is 5.92 Å². The predicted octanol–water partition coefficient (Wildman–Crippen LogP) is -2.38. The van der Waals surface area contributed by atoms with Crippen molar-refractivity contribution >= 4 is 151 Å². The van der Waals surface area contributed by atoms with Gasteiger partial charge in [0, 0.05) is 98.8 Å². The van der Waals surface area contributed by atoms with Crippen LogP contribution in [0.5, 0.6) is 0 Å². The number of methoxy groups -OCH3 is 1. The van der Waals surface area contributed by atoms with E-state index in [9.17, 15) is 72.2 Å². The second-order valence-electron chi connectivity index (χ2n) is 30.9. The number of aromatic amines is 5. The van der Waals surface area contributed by atoms with Crippen LogP contribution < -0.4 is 92.2 Å². The van der Waals surface area contributed by atoms with Gasteiger partial charge in [-0.1, -0.05) is 66.0 Å². The number of ether oxygens (including phenoxy) is 7. The molecule has 0 radical (unpaired) electrons. The highest BCUT2D eigenvalue weighted by molar-refractivity contribution is 8.32. The molecule has 11 N–H and O–H groups in total. The third-order valence-corrected chi connectivity index (χ3v) is 30.3. The average molecular weight is 2050 g/mol. The number of nitrogens with two attached hydrogens (primary N) is 3. The van der Waals surface area contributed by atoms with Gasteiger partial charge in [0.25, 0.3) is 27.8 Å². The highest BCUT2D eigenvalue weighted by Crippen LogP contribution is 2.56. The molecule has 0 aromatic carbocycles. The van der Waals surface area contributed by atoms with Crippen LogP contribution in [-0.4, -0.2) is 204 Å². The molecule has 25 atom stereocenters. The Kier molecular flexibility index (Phi) is 31.0. The van der Waals surface area contributed by atoms with Crippen molar-refractivity contribution in [2.45, 2.75) is 197 Å². The Balaban J connectivity index is 0.677. The van der Waals surface area contributed by atoms with E-state index in [-0.39, 0.29) is 88.2 Å². The number of nitrogen functional groups attached to an aromatic ring is 3. The van der Waals surface area contributed by atoms with E-state index in [1.54, 1.807) is 6.92 Å². The maximum atomic E-state index is 14.9. The number of rotatable bonds is 38. The van der Waals surface area contributed by atoms with E-state index in [4.69, 9.17) is 171 Å². The van der Waals surface area contributed by atoms with Crippen molar-refractivity contribution in [3.05, 3.63) is 153 Å². The molecule has 6 aliphatic heterocycles. The molecule has 0 spiro atoms. The number of hydrogen-bond donors (Lipinski definition) is 8. The number of anilines is 3. The first kappa shape index (κ1) is 99.9. The fourth-order valence-electron chi connectivity index (χ4n) is 15.5. The first-order valence-electron chi connectivity index (χ1n) is 39.4. The van der Waals surface area contributed by atoms with Gasteiger partial charge in [-0.3, -0.25) is 80.9 Å². The van der Waals surface area contributed by atoms with Crippen LogP contribution in [0.3, 0.4) is 0 Å². The summed E-state index contributed by atoms with van der Waals surface area (Å²) in [4.78, 5) is 221. The summed E-state index contributed by atoms with van der Waals surface area (Å²) in [6, 6.07) is 0. The monoisotopic (exact) mass is 2050 g/mol. The van der Waals surface area contributed by atoms with Gasteiger partial charge in [0.2, 0.25) is 11.9 Å². The number of nitrogens with one attached hydrogen (secondary N) is 5. The molecule has 6 aliphatic rings. The van der Waals surface area contributed by atoms with Crippen molar-refractivity contribution in [1.82, 2.24) is 77.2 Å². The lowest BCUT2D eigenvalue weighted by atomic mass is 9.94. The van der Waals surface area contributed by atoms with E-state index in [2.05, 4.69) is 49.8 Å². The van der Waals surface area contributed by atoms with E-state index in [1.807, 2.05) is 0 Å². The number of nitrogens with zero attached hydrogens (tertiary/aromatic N) is 11. The van der Waals surface area contributed by atoms with Gasteiger partial charge in [0.05, 0.1) is 88.4 Å². The molecule has 0 saturated carbocycles. The van der Waals surface area contributed by atoms with Crippen LogP contribution in [-0.2, 0) is 159 Å². The highest BCUT2D eigenvalue weighted by Gasteiger charge is 2.50. The van der Waals surface area contributed by atoms with E-state index in [1.165, 1.54) is 68.9 Å². The lowest BCUT2D eigenvalue weighted by molar-refractivity contribution is -0.221. The second-order valence-corrected chi connectivity index (χ2v) is 48.1. The van der Waals surface area contributed by atoms with E-state index in [0.29, 0.717) is 12.8 Å². The second kappa shape index (κ2) is 40.3. The molecule has 8 aromatic heterocycles. The van der Waals surface area contributed by atoms with Gasteiger partial charge in [-0.25, -0.2) is 29.1 Å². The van der Waals surface area contributed by atoms with Crippen molar-refractivity contribution in [3.8, 4) is 0 Å². The maximum absolute atomic E-state index is 14.9. The molecule has 0 bridgehead atoms. The Bertz CT molecular complexity index is 6490. The van der Waals surface area contributed by atoms with Crippen LogP contribution in [0.4, 0.5) is 17.7 Å². The minimum atomic E-state index is -5.02. The van der Waals surface area contributed by atoms with Crippen molar-refractivity contribution < 1.29 is 112 Å². The molecule has 14 heterocycles. The summed E-state index contributed by atoms with van der Waals surface area (Å²) in [5.41, 5.74) is 10.7. The Morgan fingerprint density at radius 3 is 1.22 bits per heavy atom. The van der Waals surface area contributed by atoms with Crippen molar-refractivity contribution in [2.75, 3.05) is 70.6 Å². The van der Waals surface area contributed by atoms with Crippen LogP contribution >= 0.6 is 40.2 Å². The van der Waals surface area contributed by atoms with Gasteiger partial charge < -0.3 is 137 Å². The highest BCUT2D eigenvalue weighted by atomic mass is 32.7. The number of imidazole rings is 2. The molecule has 6 saturated heterocycles. The molecule has 8 aromatic rings. The summed E-state index contributed by atoms with van der Waals surface area (Å²) in [5.74, 6) is -1.54. The van der Waals surface area contributed by atoms with Gasteiger partial charge in [-0.05, 0) is 60.1 Å². The minimum absolute atomic E-state index is 0.0135. The van der Waals surface area contributed by atoms with Gasteiger partial charge in [-0.2, -0.15) is 15.0 Å². The fourth-order valence-corrected chi connectivity index (χ4v) is 23.8. The van der Waals surface area contributed by atoms with Crippen LogP contribution in [0.25, 0.3) is 22.3 Å². The van der Waals surface area contributed by atoms with Crippen molar-refractivity contribution in [3.63, 3.8) is 0 Å². The largest absolute Gasteiger partial charge is 0.801 e. The van der Waals surface area contributed by atoms with Gasteiger partial charge in [0.1, 0.15) is 101 Å². The molecule has 6 fully saturated rings. The zero-order chi connectivity index (χ0) is 93.9. The Morgan fingerprint density at radius 1 is 0.462 bits per heavy atom. The van der Waals surface area contributed by atoms with E-state index in [0.717, 1.165) is 37.5 Å². The van der Waals surface area contributed by atoms with Crippen molar-refractivity contribution in [1.29, 1.82) is 0 Å². The Hall–Kier alpha value is -6.07. The third kappa shape index (κ3) is 23.6. The number of hydrogen-bond acceptors (Lipinski definition) is 47. The summed E-state index contributed by atoms with van der Waals surface area (Å²) in [7, 11) is 1.46. The smallest absolute Gasteiger partial charge is 0.351 e. The number of aryl methyl sites for hydroxylation is 4. The molecule has 130 heavy (non-hydrogen) atoms. The van der Waals surface area contributed by atoms with Crippen LogP contribution in [0.1, 0.15) is 118 Å². The number of aromatic nitrogens is 16. The zero-order valence-electron chi connectivity index (χ0n) is 69.1. The summed E-state index contributed by atoms with van der Waals surface area (Å²) < 4.78 is 130. The summed E-state index contributed by atoms with van der Waals surface area (Å²) in [6.45, 7) is -23.6. The average Bonchev–Trinajstić information content (AvgIpc) is 1.63. The molecule has 52 nitrogen and oxygen atoms in total. The van der Waals surface area contributed by atoms with Gasteiger partial charge in [0.15, 0.2) is 29.1 Å². The summed E-state index contributed by atoms with van der Waals surface area (Å²) in [6.07, 6.45) is -17.9. The SMILES string of the molecule is CC[C@H]1O[C@@H](n2cnc3c(=O)[nH]c(N)nc32)C[C@H]1OP([O-])(=S)OC[C@H]1O[C@@H](n2cc(C)c(=O)[nH]c2=O)C[C@H]1OP(=O)([S-])OC[C@H]1O[C@@H](n2cnc3c(=O)[nH]c(N)nc32)C[C@H]1OP([O-])(=S)OC[C@H]1O[C@@H](n2cc(C)c(N)nc2=O)C[C@H]1OP([O-])(=S)OC[C@H]1O[C@@H](n2cc(C)c(=O)[nH]c2=O)C[C@H]1OP([O-])(=S)OC[C@H]1O[C@@H](n2cc(C)c(=O)[nH]c2=O)C(CCCOC)[C@H]1OP(C)([O-])=S. The first-order valence-corrected chi connectivity index (χ1v) is 55.3. The summed E-state index contributed by atoms with van der Waals surface area (Å²) in [5, 5.41) is 0. The van der Waals surface area contributed by atoms with Crippen LogP contribution in [0.2, 0.25) is 0 Å². The van der Waals surface area contributed by atoms with Crippen LogP contribution in [0.15, 0.2) is 80.6 Å². The molecule has 0 aliphatic carbocycles. The number of H-pyrrole nitrogens is 5. The quantitative estimate of drug-likeness (QED) is 0.0114. The molecular formula is C66H85N19O33P6S6-6. The summed E-state index contributed by atoms with van der Waals surface area (Å²) >= 11 is 32.6. The van der Waals surface area contributed by atoms with Gasteiger partial charge in [-0.15, -0.1) is 0 Å². The Morgan fingerprint density at radius 2 is 0.815 bits per heavy atom. The third-order valence-electron chi connectivity index (χ3n) is 21.6. The van der Waals surface area contributed by atoms with E-state index >= 15 is 0 Å². The number of fused-ring (bicyclic) bond motifs is 2. The maximum Gasteiger partial charge on any atom is 0.351 e. The molecule has 64 heteroatoms. The molecular weight excluding hydrogens is 1970 g/mol. The Labute approximate surface area is 762 Å². The minimum Gasteiger partial charge on any atom is -0.801 e. The lowest BCUT2D eigenvalue weighted by Crippen LogP contribution is -2.37. The standard InChI is InChI=1S/C66H91N19O33P6S6/c1-8-33-34(12-47(107-33)84-26-70-49-53(84)73-61(68)75-58(49)89)113-120(96,126)102-21-40-36(14-45(109-40)81-18-29(3)55(86)77-64(81)92)115-122(98,128)105-24-42-38(16-48(111-42)85-27-71-50-54(85)74-62(69)76-59(50)90)117-123(99,129)104-22-39-35(13-44(108-39)80-17-28(2)52(67)72-63(80)91)114-121(97,127)103-23-41-37(15-46(110-41)82-19-30(4)56(87)78-65(82)93)116-124(100,130)106-25-43-51(118-119(7,95)125)32(10-9-11-101-6)60(112-43)83-20-31(5)57(88)79-66(83)94/h17-20,26-27,32-48,51,60H,8-16,21-25H2,1-7H3,(H,95,125)(H,96,126)(H,97,127)(H,98,128)(H,99,129)(H,100,130)(H2,67,72,91)(H,77,86,92)(H,78,87,93)(H,79,88,94)(H3,68,73,75,89)(H3,69,74,76,90)/p-6/t32?,33-,34-,35-,36-,37-,38-,39-,40-,41-,42-,43-,44-,45-,46-,47-,48-,51-,60-,119?,120?,121?,122?,123?,124?/m1/s1. The molecule has 0 amide bonds. The normalized spacial score (nSPS) is 29.3. The van der Waals surface area contributed by atoms with E-state index < -0.39 is 260 Å². The molecule has 7 unspecified atom stereocenters. The lowest BCUT2D eigenvalue weighted by Gasteiger charge is -2.36. The first-order chi connectivity index (χ1) is 61.1. The van der Waals surface area contributed by atoms with Crippen LogP contribution in [0, 0.1) is 33.6 Å². The zero-order valence-corrected chi connectivity index (χ0v) is 79.4. The fraction of sp³-hybridized carbons (Fsp3) is 0.606. The molecule has 714 valence electrons. The topological polar surface area (TPSA) is 703 Å². The molecule has 14 rings (SSSR count).